The van der Waals surface area contributed by atoms with Crippen molar-refractivity contribution in [1.82, 2.24) is 4.90 Å². The Morgan fingerprint density at radius 2 is 1.23 bits per heavy atom. The van der Waals surface area contributed by atoms with E-state index in [0.29, 0.717) is 12.0 Å². The van der Waals surface area contributed by atoms with Crippen molar-refractivity contribution < 1.29 is 4.39 Å². The molecule has 0 heterocycles. The van der Waals surface area contributed by atoms with Crippen LogP contribution in [0.3, 0.4) is 0 Å². The molecule has 0 radical (unpaired) electrons. The molecule has 0 saturated heterocycles. The van der Waals surface area contributed by atoms with Crippen molar-refractivity contribution in [3.8, 4) is 0 Å². The minimum Gasteiger partial charge on any atom is -0.288 e. The van der Waals surface area contributed by atoms with Crippen LogP contribution in [0.2, 0.25) is 0 Å². The molecule has 1 atom stereocenters. The molecule has 0 N–H and O–H groups in total. The first-order valence-electron chi connectivity index (χ1n) is 9.37. The van der Waals surface area contributed by atoms with E-state index >= 15 is 0 Å². The molecule has 0 spiro atoms. The van der Waals surface area contributed by atoms with Crippen LogP contribution < -0.4 is 0 Å². The Morgan fingerprint density at radius 3 is 1.69 bits per heavy atom. The molecule has 3 aromatic carbocycles. The number of rotatable bonds is 7. The van der Waals surface area contributed by atoms with Crippen molar-refractivity contribution in [1.29, 1.82) is 0 Å². The van der Waals surface area contributed by atoms with Gasteiger partial charge in [-0.15, -0.1) is 0 Å². The summed E-state index contributed by atoms with van der Waals surface area (Å²) in [6.45, 7) is 1.79. The summed E-state index contributed by atoms with van der Waals surface area (Å²) >= 11 is 0. The highest BCUT2D eigenvalue weighted by molar-refractivity contribution is 5.24. The summed E-state index contributed by atoms with van der Waals surface area (Å²) in [5, 5.41) is 0. The van der Waals surface area contributed by atoms with Gasteiger partial charge in [0.05, 0.1) is 0 Å². The summed E-state index contributed by atoms with van der Waals surface area (Å²) in [6, 6.07) is 28.7. The SMILES string of the molecule is Fc1ccc(C(C2CC2)N(Cc2ccccc2)Cc2ccccc2)cc1. The van der Waals surface area contributed by atoms with Crippen LogP contribution in [0.1, 0.15) is 35.6 Å². The Bertz CT molecular complexity index is 768. The van der Waals surface area contributed by atoms with Crippen LogP contribution in [-0.2, 0) is 13.1 Å². The highest BCUT2D eigenvalue weighted by atomic mass is 19.1. The molecule has 1 unspecified atom stereocenters. The zero-order valence-electron chi connectivity index (χ0n) is 14.9. The molecule has 1 aliphatic rings. The van der Waals surface area contributed by atoms with E-state index in [4.69, 9.17) is 0 Å². The van der Waals surface area contributed by atoms with Crippen molar-refractivity contribution in [2.24, 2.45) is 5.92 Å². The molecule has 0 bridgehead atoms. The van der Waals surface area contributed by atoms with E-state index in [9.17, 15) is 4.39 Å². The number of hydrogen-bond donors (Lipinski definition) is 0. The van der Waals surface area contributed by atoms with Crippen molar-refractivity contribution in [2.45, 2.75) is 32.0 Å². The highest BCUT2D eigenvalue weighted by Gasteiger charge is 2.36. The van der Waals surface area contributed by atoms with Crippen molar-refractivity contribution in [3.05, 3.63) is 107 Å². The molecular weight excluding hydrogens is 321 g/mol. The predicted molar refractivity (Wildman–Crippen MR) is 104 cm³/mol. The fourth-order valence-corrected chi connectivity index (χ4v) is 3.74. The molecule has 1 saturated carbocycles. The maximum Gasteiger partial charge on any atom is 0.123 e. The average molecular weight is 345 g/mol. The molecule has 132 valence electrons. The van der Waals surface area contributed by atoms with Crippen LogP contribution >= 0.6 is 0 Å². The van der Waals surface area contributed by atoms with Gasteiger partial charge in [-0.25, -0.2) is 4.39 Å². The van der Waals surface area contributed by atoms with Crippen molar-refractivity contribution in [3.63, 3.8) is 0 Å². The number of nitrogens with zero attached hydrogens (tertiary/aromatic N) is 1. The lowest BCUT2D eigenvalue weighted by molar-refractivity contribution is 0.159. The van der Waals surface area contributed by atoms with Crippen molar-refractivity contribution in [2.75, 3.05) is 0 Å². The van der Waals surface area contributed by atoms with Crippen LogP contribution in [0.4, 0.5) is 4.39 Å². The normalized spacial score (nSPS) is 15.2. The van der Waals surface area contributed by atoms with E-state index in [0.717, 1.165) is 13.1 Å². The topological polar surface area (TPSA) is 3.24 Å². The molecule has 2 heteroatoms. The zero-order valence-corrected chi connectivity index (χ0v) is 14.9. The Balaban J connectivity index is 1.65. The van der Waals surface area contributed by atoms with Crippen LogP contribution in [0, 0.1) is 11.7 Å². The number of benzene rings is 3. The molecule has 1 fully saturated rings. The molecule has 3 aromatic rings. The molecule has 0 amide bonds. The van der Waals surface area contributed by atoms with Crippen LogP contribution in [0.5, 0.6) is 0 Å². The standard InChI is InChI=1S/C24H24FN/c25-23-15-13-22(14-16-23)24(21-11-12-21)26(17-19-7-3-1-4-8-19)18-20-9-5-2-6-10-20/h1-10,13-16,21,24H,11-12,17-18H2. The quantitative estimate of drug-likeness (QED) is 0.509. The Hall–Kier alpha value is -2.45. The third-order valence-electron chi connectivity index (χ3n) is 5.13. The van der Waals surface area contributed by atoms with Gasteiger partial charge in [0, 0.05) is 19.1 Å². The Morgan fingerprint density at radius 1 is 0.731 bits per heavy atom. The predicted octanol–water partition coefficient (Wildman–Crippen LogP) is 5.98. The Kier molecular flexibility index (Phi) is 5.12. The summed E-state index contributed by atoms with van der Waals surface area (Å²) in [4.78, 5) is 2.55. The van der Waals surface area contributed by atoms with E-state index in [1.807, 2.05) is 12.1 Å². The molecule has 4 rings (SSSR count). The lowest BCUT2D eigenvalue weighted by Gasteiger charge is -2.33. The van der Waals surface area contributed by atoms with Crippen LogP contribution in [-0.4, -0.2) is 4.90 Å². The molecular formula is C24H24FN. The first-order valence-corrected chi connectivity index (χ1v) is 9.37. The van der Waals surface area contributed by atoms with E-state index in [2.05, 4.69) is 65.6 Å². The average Bonchev–Trinajstić information content (AvgIpc) is 3.50. The van der Waals surface area contributed by atoms with Gasteiger partial charge in [-0.3, -0.25) is 4.90 Å². The monoisotopic (exact) mass is 345 g/mol. The summed E-state index contributed by atoms with van der Waals surface area (Å²) in [5.74, 6) is 0.494. The smallest absolute Gasteiger partial charge is 0.123 e. The van der Waals surface area contributed by atoms with Gasteiger partial charge >= 0.3 is 0 Å². The van der Waals surface area contributed by atoms with Gasteiger partial charge in [-0.1, -0.05) is 72.8 Å². The largest absolute Gasteiger partial charge is 0.288 e. The fourth-order valence-electron chi connectivity index (χ4n) is 3.74. The van der Waals surface area contributed by atoms with Gasteiger partial charge in [0.25, 0.3) is 0 Å². The molecule has 0 aliphatic heterocycles. The van der Waals surface area contributed by atoms with E-state index in [-0.39, 0.29) is 5.82 Å². The van der Waals surface area contributed by atoms with E-state index in [1.165, 1.54) is 29.5 Å². The third kappa shape index (κ3) is 4.20. The minimum atomic E-state index is -0.166. The molecule has 26 heavy (non-hydrogen) atoms. The maximum absolute atomic E-state index is 13.4. The van der Waals surface area contributed by atoms with Crippen LogP contribution in [0.25, 0.3) is 0 Å². The molecule has 1 nitrogen and oxygen atoms in total. The van der Waals surface area contributed by atoms with E-state index in [1.54, 1.807) is 12.1 Å². The Labute approximate surface area is 155 Å². The van der Waals surface area contributed by atoms with Gasteiger partial charge in [-0.05, 0) is 47.6 Å². The zero-order chi connectivity index (χ0) is 17.8. The lowest BCUT2D eigenvalue weighted by atomic mass is 9.98. The number of halogens is 1. The van der Waals surface area contributed by atoms with Gasteiger partial charge in [0.1, 0.15) is 5.82 Å². The first-order chi connectivity index (χ1) is 12.8. The second-order valence-electron chi connectivity index (χ2n) is 7.21. The second-order valence-corrected chi connectivity index (χ2v) is 7.21. The van der Waals surface area contributed by atoms with Gasteiger partial charge < -0.3 is 0 Å². The molecule has 1 aliphatic carbocycles. The van der Waals surface area contributed by atoms with Gasteiger partial charge in [0.15, 0.2) is 0 Å². The van der Waals surface area contributed by atoms with Gasteiger partial charge in [0.2, 0.25) is 0 Å². The number of hydrogen-bond acceptors (Lipinski definition) is 1. The minimum absolute atomic E-state index is 0.166. The summed E-state index contributed by atoms with van der Waals surface area (Å²) < 4.78 is 13.4. The third-order valence-corrected chi connectivity index (χ3v) is 5.13. The molecule has 0 aromatic heterocycles. The van der Waals surface area contributed by atoms with Crippen molar-refractivity contribution >= 4 is 0 Å². The highest BCUT2D eigenvalue weighted by Crippen LogP contribution is 2.45. The summed E-state index contributed by atoms with van der Waals surface area (Å²) in [6.07, 6.45) is 2.50. The fraction of sp³-hybridized carbons (Fsp3) is 0.250. The lowest BCUT2D eigenvalue weighted by Crippen LogP contribution is -2.29. The summed E-state index contributed by atoms with van der Waals surface area (Å²) in [5.41, 5.74) is 3.85. The first kappa shape index (κ1) is 17.0. The van der Waals surface area contributed by atoms with Crippen LogP contribution in [0.15, 0.2) is 84.9 Å². The summed E-state index contributed by atoms with van der Waals surface area (Å²) in [7, 11) is 0. The van der Waals surface area contributed by atoms with E-state index < -0.39 is 0 Å². The second kappa shape index (κ2) is 7.84. The maximum atomic E-state index is 13.4. The van der Waals surface area contributed by atoms with Gasteiger partial charge in [-0.2, -0.15) is 0 Å².